The zero-order valence-electron chi connectivity index (χ0n) is 13.5. The molecule has 1 amide bonds. The van der Waals surface area contributed by atoms with E-state index < -0.39 is 0 Å². The van der Waals surface area contributed by atoms with Crippen LogP contribution in [0.4, 0.5) is 16.6 Å². The number of thiazole rings is 1. The summed E-state index contributed by atoms with van der Waals surface area (Å²) >= 11 is 1.46. The van der Waals surface area contributed by atoms with E-state index >= 15 is 0 Å². The Balaban J connectivity index is 1.60. The molecule has 1 aromatic carbocycles. The molecule has 5 nitrogen and oxygen atoms in total. The number of aromatic nitrogens is 2. The summed E-state index contributed by atoms with van der Waals surface area (Å²) in [6, 6.07) is 13.5. The van der Waals surface area contributed by atoms with Crippen LogP contribution in [0.1, 0.15) is 17.0 Å². The fourth-order valence-corrected chi connectivity index (χ4v) is 2.98. The van der Waals surface area contributed by atoms with Crippen LogP contribution in [0.3, 0.4) is 0 Å². The van der Waals surface area contributed by atoms with Crippen molar-refractivity contribution in [2.75, 3.05) is 10.6 Å². The van der Waals surface area contributed by atoms with Gasteiger partial charge in [0.2, 0.25) is 5.91 Å². The molecule has 6 heteroatoms. The van der Waals surface area contributed by atoms with Gasteiger partial charge in [0.25, 0.3) is 0 Å². The molecule has 0 radical (unpaired) electrons. The summed E-state index contributed by atoms with van der Waals surface area (Å²) in [6.07, 6.45) is 0.243. The highest BCUT2D eigenvalue weighted by molar-refractivity contribution is 7.13. The molecule has 24 heavy (non-hydrogen) atoms. The monoisotopic (exact) mass is 338 g/mol. The molecule has 3 rings (SSSR count). The molecule has 0 spiro atoms. The van der Waals surface area contributed by atoms with E-state index in [0.717, 1.165) is 33.6 Å². The van der Waals surface area contributed by atoms with Crippen LogP contribution < -0.4 is 10.6 Å². The molecular formula is C18H18N4OS. The lowest BCUT2D eigenvalue weighted by Gasteiger charge is -2.04. The molecule has 0 atom stereocenters. The molecule has 0 saturated heterocycles. The maximum absolute atomic E-state index is 12.1. The minimum absolute atomic E-state index is 0.0777. The first-order valence-corrected chi connectivity index (χ1v) is 8.48. The lowest BCUT2D eigenvalue weighted by Crippen LogP contribution is -2.14. The second kappa shape index (κ2) is 7.23. The molecule has 0 aliphatic carbocycles. The number of aryl methyl sites for hydroxylation is 2. The maximum Gasteiger partial charge on any atom is 0.230 e. The average molecular weight is 338 g/mol. The smallest absolute Gasteiger partial charge is 0.230 e. The second-order valence-electron chi connectivity index (χ2n) is 5.53. The summed E-state index contributed by atoms with van der Waals surface area (Å²) in [5.41, 5.74) is 3.59. The van der Waals surface area contributed by atoms with Crippen LogP contribution in [0.5, 0.6) is 0 Å². The number of pyridine rings is 1. The largest absolute Gasteiger partial charge is 0.326 e. The Hall–Kier alpha value is -2.73. The Kier molecular flexibility index (Phi) is 4.86. The van der Waals surface area contributed by atoms with Crippen molar-refractivity contribution in [3.63, 3.8) is 0 Å². The summed E-state index contributed by atoms with van der Waals surface area (Å²) in [5, 5.41) is 8.66. The standard InChI is InChI=1S/C18H18N4OS/c1-12-5-3-7-14(9-12)20-17(23)10-15-11-24-18(21-15)22-16-8-4-6-13(2)19-16/h3-9,11H,10H2,1-2H3,(H,20,23)(H,19,21,22). The number of benzene rings is 1. The normalized spacial score (nSPS) is 10.4. The van der Waals surface area contributed by atoms with Crippen molar-refractivity contribution >= 4 is 33.9 Å². The Morgan fingerprint density at radius 1 is 1.12 bits per heavy atom. The van der Waals surface area contributed by atoms with E-state index in [-0.39, 0.29) is 12.3 Å². The molecule has 0 aliphatic heterocycles. The van der Waals surface area contributed by atoms with Crippen LogP contribution in [-0.4, -0.2) is 15.9 Å². The number of nitrogens with one attached hydrogen (secondary N) is 2. The van der Waals surface area contributed by atoms with Gasteiger partial charge in [-0.05, 0) is 43.7 Å². The molecular weight excluding hydrogens is 320 g/mol. The van der Waals surface area contributed by atoms with Gasteiger partial charge in [-0.2, -0.15) is 0 Å². The summed E-state index contributed by atoms with van der Waals surface area (Å²) in [7, 11) is 0. The Bertz CT molecular complexity index is 859. The molecule has 0 aliphatic rings. The number of carbonyl (C=O) groups is 1. The van der Waals surface area contributed by atoms with E-state index in [1.54, 1.807) is 0 Å². The first-order chi connectivity index (χ1) is 11.6. The van der Waals surface area contributed by atoms with Gasteiger partial charge in [-0.15, -0.1) is 11.3 Å². The molecule has 2 aromatic heterocycles. The quantitative estimate of drug-likeness (QED) is 0.735. The number of amides is 1. The van der Waals surface area contributed by atoms with E-state index in [0.29, 0.717) is 0 Å². The predicted molar refractivity (Wildman–Crippen MR) is 97.9 cm³/mol. The third-order valence-electron chi connectivity index (χ3n) is 3.32. The summed E-state index contributed by atoms with van der Waals surface area (Å²) in [4.78, 5) is 20.9. The minimum Gasteiger partial charge on any atom is -0.326 e. The van der Waals surface area contributed by atoms with E-state index in [9.17, 15) is 4.79 Å². The number of rotatable bonds is 5. The van der Waals surface area contributed by atoms with Crippen LogP contribution in [0, 0.1) is 13.8 Å². The maximum atomic E-state index is 12.1. The van der Waals surface area contributed by atoms with Gasteiger partial charge in [-0.1, -0.05) is 18.2 Å². The van der Waals surface area contributed by atoms with E-state index in [2.05, 4.69) is 20.6 Å². The molecule has 122 valence electrons. The number of hydrogen-bond donors (Lipinski definition) is 2. The predicted octanol–water partition coefficient (Wildman–Crippen LogP) is 4.08. The van der Waals surface area contributed by atoms with Crippen molar-refractivity contribution in [2.45, 2.75) is 20.3 Å². The van der Waals surface area contributed by atoms with Gasteiger partial charge in [0.1, 0.15) is 5.82 Å². The first kappa shape index (κ1) is 16.1. The number of nitrogens with zero attached hydrogens (tertiary/aromatic N) is 2. The first-order valence-electron chi connectivity index (χ1n) is 7.60. The molecule has 0 bridgehead atoms. The average Bonchev–Trinajstić information content (AvgIpc) is 2.94. The topological polar surface area (TPSA) is 66.9 Å². The molecule has 0 saturated carbocycles. The highest BCUT2D eigenvalue weighted by atomic mass is 32.1. The summed E-state index contributed by atoms with van der Waals surface area (Å²) in [5.74, 6) is 0.672. The van der Waals surface area contributed by atoms with Gasteiger partial charge in [-0.3, -0.25) is 4.79 Å². The number of hydrogen-bond acceptors (Lipinski definition) is 5. The Morgan fingerprint density at radius 3 is 2.75 bits per heavy atom. The van der Waals surface area contributed by atoms with Gasteiger partial charge in [0.05, 0.1) is 12.1 Å². The third-order valence-corrected chi connectivity index (χ3v) is 4.13. The summed E-state index contributed by atoms with van der Waals surface area (Å²) in [6.45, 7) is 3.93. The minimum atomic E-state index is -0.0777. The Morgan fingerprint density at radius 2 is 1.96 bits per heavy atom. The molecule has 2 heterocycles. The zero-order valence-corrected chi connectivity index (χ0v) is 14.4. The van der Waals surface area contributed by atoms with Gasteiger partial charge < -0.3 is 10.6 Å². The fourth-order valence-electron chi connectivity index (χ4n) is 2.26. The van der Waals surface area contributed by atoms with Crippen molar-refractivity contribution in [3.8, 4) is 0 Å². The van der Waals surface area contributed by atoms with Gasteiger partial charge >= 0.3 is 0 Å². The molecule has 3 aromatic rings. The highest BCUT2D eigenvalue weighted by Gasteiger charge is 2.09. The number of carbonyl (C=O) groups excluding carboxylic acids is 1. The zero-order chi connectivity index (χ0) is 16.9. The van der Waals surface area contributed by atoms with Gasteiger partial charge in [0.15, 0.2) is 5.13 Å². The SMILES string of the molecule is Cc1cccc(NC(=O)Cc2csc(Nc3cccc(C)n3)n2)c1. The van der Waals surface area contributed by atoms with Gasteiger partial charge in [0, 0.05) is 16.8 Å². The van der Waals surface area contributed by atoms with Crippen molar-refractivity contribution < 1.29 is 4.79 Å². The number of anilines is 3. The third kappa shape index (κ3) is 4.39. The summed E-state index contributed by atoms with van der Waals surface area (Å²) < 4.78 is 0. The van der Waals surface area contributed by atoms with Crippen LogP contribution in [0.25, 0.3) is 0 Å². The molecule has 2 N–H and O–H groups in total. The van der Waals surface area contributed by atoms with E-state index in [4.69, 9.17) is 0 Å². The molecule has 0 unspecified atom stereocenters. The Labute approximate surface area is 144 Å². The van der Waals surface area contributed by atoms with E-state index in [1.807, 2.05) is 61.7 Å². The van der Waals surface area contributed by atoms with Crippen molar-refractivity contribution in [1.29, 1.82) is 0 Å². The van der Waals surface area contributed by atoms with Crippen LogP contribution in [0.2, 0.25) is 0 Å². The lowest BCUT2D eigenvalue weighted by molar-refractivity contribution is -0.115. The van der Waals surface area contributed by atoms with Crippen molar-refractivity contribution in [3.05, 3.63) is 64.8 Å². The molecule has 0 fully saturated rings. The van der Waals surface area contributed by atoms with Crippen molar-refractivity contribution in [2.24, 2.45) is 0 Å². The fraction of sp³-hybridized carbons (Fsp3) is 0.167. The van der Waals surface area contributed by atoms with Crippen molar-refractivity contribution in [1.82, 2.24) is 9.97 Å². The second-order valence-corrected chi connectivity index (χ2v) is 6.39. The van der Waals surface area contributed by atoms with E-state index in [1.165, 1.54) is 11.3 Å². The van der Waals surface area contributed by atoms with Crippen LogP contribution >= 0.6 is 11.3 Å². The van der Waals surface area contributed by atoms with Gasteiger partial charge in [-0.25, -0.2) is 9.97 Å². The lowest BCUT2D eigenvalue weighted by atomic mass is 10.2. The highest BCUT2D eigenvalue weighted by Crippen LogP contribution is 2.20. The van der Waals surface area contributed by atoms with Crippen LogP contribution in [0.15, 0.2) is 47.8 Å². The van der Waals surface area contributed by atoms with Crippen LogP contribution in [-0.2, 0) is 11.2 Å².